The van der Waals surface area contributed by atoms with Gasteiger partial charge >= 0.3 is 6.03 Å². The maximum Gasteiger partial charge on any atom is 0.319 e. The largest absolute Gasteiger partial charge is 0.334 e. The van der Waals surface area contributed by atoms with Gasteiger partial charge in [0, 0.05) is 24.1 Å². The molecule has 1 unspecified atom stereocenters. The van der Waals surface area contributed by atoms with Crippen LogP contribution in [0, 0.1) is 0 Å². The Bertz CT molecular complexity index is 1320. The number of hydrogen-bond donors (Lipinski definition) is 2. The van der Waals surface area contributed by atoms with Gasteiger partial charge in [-0.2, -0.15) is 0 Å². The monoisotopic (exact) mass is 436 g/mol. The first-order valence-electron chi connectivity index (χ1n) is 11.4. The van der Waals surface area contributed by atoms with Crippen LogP contribution in [0.1, 0.15) is 37.5 Å². The van der Waals surface area contributed by atoms with E-state index in [-0.39, 0.29) is 17.5 Å². The summed E-state index contributed by atoms with van der Waals surface area (Å²) in [6, 6.07) is 20.9. The maximum absolute atomic E-state index is 12.6. The molecule has 0 radical (unpaired) electrons. The summed E-state index contributed by atoms with van der Waals surface area (Å²) < 4.78 is 0. The highest BCUT2D eigenvalue weighted by Gasteiger charge is 2.23. The second-order valence-corrected chi connectivity index (χ2v) is 9.77. The number of carbonyl (C=O) groups excluding carboxylic acids is 1. The van der Waals surface area contributed by atoms with E-state index in [1.807, 2.05) is 18.2 Å². The molecular formula is C28H28N4O. The molecular weight excluding hydrogens is 408 g/mol. The normalized spacial score (nSPS) is 15.3. The lowest BCUT2D eigenvalue weighted by molar-refractivity contribution is 0.249. The second-order valence-electron chi connectivity index (χ2n) is 9.77. The van der Waals surface area contributed by atoms with Crippen LogP contribution in [0.4, 0.5) is 10.5 Å². The van der Waals surface area contributed by atoms with E-state index in [4.69, 9.17) is 0 Å². The predicted octanol–water partition coefficient (Wildman–Crippen LogP) is 5.88. The van der Waals surface area contributed by atoms with Gasteiger partial charge in [0.15, 0.2) is 0 Å². The number of aromatic nitrogens is 2. The van der Waals surface area contributed by atoms with Crippen molar-refractivity contribution in [3.8, 4) is 11.1 Å². The summed E-state index contributed by atoms with van der Waals surface area (Å²) in [6.07, 6.45) is 4.98. The molecule has 0 fully saturated rings. The van der Waals surface area contributed by atoms with E-state index in [1.165, 1.54) is 27.8 Å². The van der Waals surface area contributed by atoms with Gasteiger partial charge in [0.2, 0.25) is 0 Å². The van der Waals surface area contributed by atoms with Gasteiger partial charge in [0.1, 0.15) is 0 Å². The highest BCUT2D eigenvalue weighted by atomic mass is 16.2. The molecule has 33 heavy (non-hydrogen) atoms. The van der Waals surface area contributed by atoms with Crippen molar-refractivity contribution in [2.75, 3.05) is 5.32 Å². The summed E-state index contributed by atoms with van der Waals surface area (Å²) >= 11 is 0. The van der Waals surface area contributed by atoms with Crippen LogP contribution < -0.4 is 10.6 Å². The zero-order valence-electron chi connectivity index (χ0n) is 19.2. The smallest absolute Gasteiger partial charge is 0.319 e. The molecule has 1 atom stereocenters. The molecule has 1 aliphatic rings. The average molecular weight is 437 g/mol. The zero-order valence-corrected chi connectivity index (χ0v) is 19.2. The van der Waals surface area contributed by atoms with E-state index in [1.54, 1.807) is 12.4 Å². The molecule has 0 saturated heterocycles. The molecule has 4 aromatic rings. The van der Waals surface area contributed by atoms with Crippen molar-refractivity contribution >= 4 is 22.8 Å². The van der Waals surface area contributed by atoms with Crippen LogP contribution in [0.3, 0.4) is 0 Å². The van der Waals surface area contributed by atoms with E-state index in [2.05, 4.69) is 83.8 Å². The summed E-state index contributed by atoms with van der Waals surface area (Å²) in [4.78, 5) is 21.2. The van der Waals surface area contributed by atoms with Gasteiger partial charge in [-0.1, -0.05) is 63.2 Å². The van der Waals surface area contributed by atoms with Crippen LogP contribution in [0.15, 0.2) is 73.1 Å². The van der Waals surface area contributed by atoms with E-state index >= 15 is 0 Å². The summed E-state index contributed by atoms with van der Waals surface area (Å²) in [6.45, 7) is 6.69. The number of benzene rings is 3. The van der Waals surface area contributed by atoms with Crippen molar-refractivity contribution in [1.82, 2.24) is 15.3 Å². The molecule has 1 aromatic heterocycles. The number of fused-ring (bicyclic) bond motifs is 2. The Morgan fingerprint density at radius 2 is 1.52 bits per heavy atom. The second kappa shape index (κ2) is 8.32. The van der Waals surface area contributed by atoms with Crippen LogP contribution in [0.5, 0.6) is 0 Å². The van der Waals surface area contributed by atoms with Crippen LogP contribution in [0.2, 0.25) is 0 Å². The van der Waals surface area contributed by atoms with Gasteiger partial charge < -0.3 is 10.6 Å². The van der Waals surface area contributed by atoms with E-state index < -0.39 is 0 Å². The first kappa shape index (κ1) is 21.1. The van der Waals surface area contributed by atoms with Gasteiger partial charge in [0.25, 0.3) is 0 Å². The fourth-order valence-corrected chi connectivity index (χ4v) is 4.46. The lowest BCUT2D eigenvalue weighted by Crippen LogP contribution is -2.38. The molecule has 2 amide bonds. The highest BCUT2D eigenvalue weighted by molar-refractivity contribution is 5.92. The van der Waals surface area contributed by atoms with Crippen molar-refractivity contribution in [2.45, 2.75) is 45.1 Å². The molecule has 1 heterocycles. The van der Waals surface area contributed by atoms with Crippen LogP contribution in [-0.2, 0) is 18.3 Å². The van der Waals surface area contributed by atoms with E-state index in [9.17, 15) is 4.79 Å². The van der Waals surface area contributed by atoms with E-state index in [0.29, 0.717) is 5.69 Å². The lowest BCUT2D eigenvalue weighted by Gasteiger charge is -2.19. The number of anilines is 1. The topological polar surface area (TPSA) is 66.9 Å². The molecule has 0 spiro atoms. The number of amides is 2. The minimum Gasteiger partial charge on any atom is -0.334 e. The Morgan fingerprint density at radius 1 is 0.818 bits per heavy atom. The number of nitrogens with one attached hydrogen (secondary N) is 2. The standard InChI is InChI=1S/C28H28N4O/c1-28(2,3)22-8-6-18(7-9-22)19-4-5-20-15-24(16-21(20)14-19)32-27(33)31-23-10-11-25-26(17-23)30-13-12-29-25/h4-14,17,24H,15-16H2,1-3H3,(H2,31,32,33). The third-order valence-electron chi connectivity index (χ3n) is 6.29. The minimum atomic E-state index is -0.200. The minimum absolute atomic E-state index is 0.0822. The third-order valence-corrected chi connectivity index (χ3v) is 6.29. The van der Waals surface area contributed by atoms with Crippen molar-refractivity contribution in [1.29, 1.82) is 0 Å². The van der Waals surface area contributed by atoms with Crippen molar-refractivity contribution in [2.24, 2.45) is 0 Å². The number of hydrogen-bond acceptors (Lipinski definition) is 3. The lowest BCUT2D eigenvalue weighted by atomic mass is 9.86. The fraction of sp³-hybridized carbons (Fsp3) is 0.250. The molecule has 5 nitrogen and oxygen atoms in total. The van der Waals surface area contributed by atoms with Gasteiger partial charge in [-0.15, -0.1) is 0 Å². The number of nitrogens with zero attached hydrogens (tertiary/aromatic N) is 2. The Kier molecular flexibility index (Phi) is 5.33. The summed E-state index contributed by atoms with van der Waals surface area (Å²) in [7, 11) is 0. The van der Waals surface area contributed by atoms with Crippen LogP contribution in [-0.4, -0.2) is 22.0 Å². The Hall–Kier alpha value is -3.73. The molecule has 0 saturated carbocycles. The molecule has 0 aliphatic heterocycles. The Morgan fingerprint density at radius 3 is 2.27 bits per heavy atom. The van der Waals surface area contributed by atoms with Gasteiger partial charge in [-0.25, -0.2) is 4.79 Å². The SMILES string of the molecule is CC(C)(C)c1ccc(-c2ccc3c(c2)CC(NC(=O)Nc2ccc4nccnc4c2)C3)cc1. The van der Waals surface area contributed by atoms with Crippen LogP contribution in [0.25, 0.3) is 22.2 Å². The average Bonchev–Trinajstić information content (AvgIpc) is 3.19. The predicted molar refractivity (Wildman–Crippen MR) is 133 cm³/mol. The molecule has 166 valence electrons. The van der Waals surface area contributed by atoms with Crippen LogP contribution >= 0.6 is 0 Å². The maximum atomic E-state index is 12.6. The number of urea groups is 1. The van der Waals surface area contributed by atoms with Gasteiger partial charge in [0.05, 0.1) is 11.0 Å². The van der Waals surface area contributed by atoms with Gasteiger partial charge in [-0.05, 0) is 64.3 Å². The Labute approximate surface area is 194 Å². The molecule has 2 N–H and O–H groups in total. The summed E-state index contributed by atoms with van der Waals surface area (Å²) in [5.41, 5.74) is 8.80. The van der Waals surface area contributed by atoms with E-state index in [0.717, 1.165) is 23.9 Å². The highest BCUT2D eigenvalue weighted by Crippen LogP contribution is 2.30. The number of carbonyl (C=O) groups is 1. The summed E-state index contributed by atoms with van der Waals surface area (Å²) in [5.74, 6) is 0. The molecule has 3 aromatic carbocycles. The number of rotatable bonds is 3. The Balaban J connectivity index is 1.24. The zero-order chi connectivity index (χ0) is 23.0. The van der Waals surface area contributed by atoms with Crippen molar-refractivity contribution in [3.63, 3.8) is 0 Å². The fourth-order valence-electron chi connectivity index (χ4n) is 4.46. The molecule has 0 bridgehead atoms. The van der Waals surface area contributed by atoms with Crippen molar-refractivity contribution < 1.29 is 4.79 Å². The van der Waals surface area contributed by atoms with Gasteiger partial charge in [-0.3, -0.25) is 9.97 Å². The first-order valence-corrected chi connectivity index (χ1v) is 11.4. The molecule has 5 rings (SSSR count). The quantitative estimate of drug-likeness (QED) is 0.421. The first-order chi connectivity index (χ1) is 15.8. The third kappa shape index (κ3) is 4.58. The molecule has 5 heteroatoms. The summed E-state index contributed by atoms with van der Waals surface area (Å²) in [5, 5.41) is 6.04. The molecule has 1 aliphatic carbocycles. The van der Waals surface area contributed by atoms with Crippen molar-refractivity contribution in [3.05, 3.63) is 89.7 Å².